The van der Waals surface area contributed by atoms with Crippen LogP contribution in [0, 0.1) is 0 Å². The van der Waals surface area contributed by atoms with Crippen LogP contribution in [-0.4, -0.2) is 31.5 Å². The van der Waals surface area contributed by atoms with E-state index in [9.17, 15) is 21.6 Å². The molecular weight excluding hydrogens is 497 g/mol. The number of thiazole rings is 1. The van der Waals surface area contributed by atoms with Crippen molar-refractivity contribution in [2.45, 2.75) is 17.5 Å². The van der Waals surface area contributed by atoms with Crippen LogP contribution >= 0.6 is 11.3 Å². The van der Waals surface area contributed by atoms with Crippen molar-refractivity contribution in [2.75, 3.05) is 17.8 Å². The molecule has 35 heavy (non-hydrogen) atoms. The third kappa shape index (κ3) is 4.79. The van der Waals surface area contributed by atoms with Crippen LogP contribution in [0.15, 0.2) is 71.2 Å². The van der Waals surface area contributed by atoms with E-state index in [-0.39, 0.29) is 10.0 Å². The van der Waals surface area contributed by atoms with Crippen LogP contribution in [0.5, 0.6) is 0 Å². The van der Waals surface area contributed by atoms with Gasteiger partial charge in [-0.2, -0.15) is 13.2 Å². The number of halogens is 3. The van der Waals surface area contributed by atoms with E-state index >= 15 is 0 Å². The summed E-state index contributed by atoms with van der Waals surface area (Å²) in [7, 11) is -3.86. The summed E-state index contributed by atoms with van der Waals surface area (Å²) in [6.07, 6.45) is 1.04. The van der Waals surface area contributed by atoms with Crippen LogP contribution in [0.2, 0.25) is 0 Å². The maximum absolute atomic E-state index is 13.5. The Labute approximate surface area is 203 Å². The standard InChI is InChI=1S/C24H19F3N4O2S2/c25-24(26,27)17-1-3-20(21(14-17)15-5-8-28-9-6-15)22-19-4-2-18(13-16(19)7-10-29-22)35(32,33)31-23-30-11-12-34-23/h1-5,7,10-14,28H,6,8-9H2,(H,30,31). The fourth-order valence-electron chi connectivity index (χ4n) is 4.05. The molecule has 1 aliphatic heterocycles. The number of hydrogen-bond acceptors (Lipinski definition) is 6. The monoisotopic (exact) mass is 516 g/mol. The topological polar surface area (TPSA) is 84.0 Å². The fraction of sp³-hybridized carbons (Fsp3) is 0.167. The molecule has 0 spiro atoms. The molecule has 5 rings (SSSR count). The third-order valence-electron chi connectivity index (χ3n) is 5.71. The second-order valence-corrected chi connectivity index (χ2v) is 10.5. The molecule has 0 saturated carbocycles. The van der Waals surface area contributed by atoms with Gasteiger partial charge in [-0.1, -0.05) is 18.2 Å². The lowest BCUT2D eigenvalue weighted by molar-refractivity contribution is -0.137. The number of nitrogens with zero attached hydrogens (tertiary/aromatic N) is 2. The van der Waals surface area contributed by atoms with Crippen LogP contribution in [0.4, 0.5) is 18.3 Å². The summed E-state index contributed by atoms with van der Waals surface area (Å²) in [5.41, 5.74) is 1.62. The Morgan fingerprint density at radius 3 is 2.57 bits per heavy atom. The number of sulfonamides is 1. The van der Waals surface area contributed by atoms with E-state index in [1.807, 2.05) is 6.08 Å². The highest BCUT2D eigenvalue weighted by molar-refractivity contribution is 7.93. The van der Waals surface area contributed by atoms with Crippen molar-refractivity contribution in [2.24, 2.45) is 0 Å². The first kappa shape index (κ1) is 23.5. The van der Waals surface area contributed by atoms with Crippen LogP contribution in [0.3, 0.4) is 0 Å². The van der Waals surface area contributed by atoms with Gasteiger partial charge in [-0.15, -0.1) is 11.3 Å². The van der Waals surface area contributed by atoms with Crippen molar-refractivity contribution in [3.05, 3.63) is 77.4 Å². The molecule has 0 atom stereocenters. The predicted molar refractivity (Wildman–Crippen MR) is 131 cm³/mol. The van der Waals surface area contributed by atoms with E-state index in [0.717, 1.165) is 23.0 Å². The summed E-state index contributed by atoms with van der Waals surface area (Å²) in [4.78, 5) is 8.48. The van der Waals surface area contributed by atoms with E-state index in [1.165, 1.54) is 36.7 Å². The van der Waals surface area contributed by atoms with Crippen molar-refractivity contribution in [3.8, 4) is 11.3 Å². The molecule has 0 bridgehead atoms. The maximum Gasteiger partial charge on any atom is 0.416 e. The number of benzene rings is 2. The Morgan fingerprint density at radius 1 is 1.00 bits per heavy atom. The molecule has 0 saturated heterocycles. The number of hydrogen-bond donors (Lipinski definition) is 2. The van der Waals surface area contributed by atoms with Crippen molar-refractivity contribution in [3.63, 3.8) is 0 Å². The van der Waals surface area contributed by atoms with Gasteiger partial charge in [-0.3, -0.25) is 9.71 Å². The first-order valence-electron chi connectivity index (χ1n) is 10.7. The van der Waals surface area contributed by atoms with E-state index in [2.05, 4.69) is 20.0 Å². The van der Waals surface area contributed by atoms with Gasteiger partial charge in [-0.05, 0) is 59.8 Å². The number of anilines is 1. The average Bonchev–Trinajstić information content (AvgIpc) is 3.35. The van der Waals surface area contributed by atoms with Crippen molar-refractivity contribution in [1.29, 1.82) is 0 Å². The smallest absolute Gasteiger partial charge is 0.313 e. The number of pyridine rings is 1. The molecule has 1 aliphatic rings. The molecule has 2 aromatic carbocycles. The van der Waals surface area contributed by atoms with E-state index in [1.54, 1.807) is 17.5 Å². The molecule has 0 fully saturated rings. The molecule has 4 aromatic rings. The summed E-state index contributed by atoms with van der Waals surface area (Å²) in [6.45, 7) is 1.24. The quantitative estimate of drug-likeness (QED) is 0.363. The van der Waals surface area contributed by atoms with Gasteiger partial charge in [0.15, 0.2) is 5.13 Å². The summed E-state index contributed by atoms with van der Waals surface area (Å²) in [6, 6.07) is 9.95. The Balaban J connectivity index is 1.63. The first-order valence-corrected chi connectivity index (χ1v) is 13.0. The molecule has 2 N–H and O–H groups in total. The van der Waals surface area contributed by atoms with Gasteiger partial charge >= 0.3 is 6.18 Å². The van der Waals surface area contributed by atoms with Crippen LogP contribution in [0.25, 0.3) is 27.6 Å². The normalized spacial score (nSPS) is 14.7. The molecule has 0 amide bonds. The zero-order valence-electron chi connectivity index (χ0n) is 18.1. The Kier molecular flexibility index (Phi) is 6.07. The highest BCUT2D eigenvalue weighted by Crippen LogP contribution is 2.39. The van der Waals surface area contributed by atoms with Crippen molar-refractivity contribution in [1.82, 2.24) is 15.3 Å². The second-order valence-electron chi connectivity index (χ2n) is 7.93. The minimum absolute atomic E-state index is 0.0473. The largest absolute Gasteiger partial charge is 0.416 e. The van der Waals surface area contributed by atoms with E-state index in [4.69, 9.17) is 0 Å². The molecule has 3 heterocycles. The number of nitrogens with one attached hydrogen (secondary N) is 2. The molecule has 0 unspecified atom stereocenters. The van der Waals surface area contributed by atoms with Gasteiger partial charge in [0.2, 0.25) is 0 Å². The van der Waals surface area contributed by atoms with E-state index < -0.39 is 21.8 Å². The molecule has 11 heteroatoms. The van der Waals surface area contributed by atoms with Crippen LogP contribution in [0.1, 0.15) is 17.5 Å². The second kappa shape index (κ2) is 9.06. The maximum atomic E-state index is 13.5. The molecule has 0 aliphatic carbocycles. The van der Waals surface area contributed by atoms with Crippen molar-refractivity contribution >= 4 is 42.8 Å². The molecule has 2 aromatic heterocycles. The Bertz CT molecular complexity index is 1530. The lowest BCUT2D eigenvalue weighted by Crippen LogP contribution is -2.20. The van der Waals surface area contributed by atoms with Gasteiger partial charge in [0.1, 0.15) is 0 Å². The predicted octanol–water partition coefficient (Wildman–Crippen LogP) is 5.55. The van der Waals surface area contributed by atoms with Gasteiger partial charge < -0.3 is 5.32 Å². The zero-order chi connectivity index (χ0) is 24.6. The minimum atomic E-state index is -4.47. The van der Waals surface area contributed by atoms with E-state index in [0.29, 0.717) is 47.1 Å². The molecule has 0 radical (unpaired) electrons. The summed E-state index contributed by atoms with van der Waals surface area (Å²) in [5.74, 6) is 0. The summed E-state index contributed by atoms with van der Waals surface area (Å²) < 4.78 is 68.6. The fourth-order valence-corrected chi connectivity index (χ4v) is 5.87. The summed E-state index contributed by atoms with van der Waals surface area (Å²) in [5, 5.41) is 6.33. The molecular formula is C24H19F3N4O2S2. The number of rotatable bonds is 5. The zero-order valence-corrected chi connectivity index (χ0v) is 19.8. The van der Waals surface area contributed by atoms with Gasteiger partial charge in [-0.25, -0.2) is 13.4 Å². The van der Waals surface area contributed by atoms with Gasteiger partial charge in [0.25, 0.3) is 10.0 Å². The van der Waals surface area contributed by atoms with Crippen molar-refractivity contribution < 1.29 is 21.6 Å². The molecule has 180 valence electrons. The number of aromatic nitrogens is 2. The number of alkyl halides is 3. The molecule has 6 nitrogen and oxygen atoms in total. The van der Waals surface area contributed by atoms with Gasteiger partial charge in [0, 0.05) is 35.3 Å². The van der Waals surface area contributed by atoms with Gasteiger partial charge in [0.05, 0.1) is 16.2 Å². The average molecular weight is 517 g/mol. The lowest BCUT2D eigenvalue weighted by Gasteiger charge is -2.20. The Morgan fingerprint density at radius 2 is 1.86 bits per heavy atom. The summed E-state index contributed by atoms with van der Waals surface area (Å²) >= 11 is 1.16. The third-order valence-corrected chi connectivity index (χ3v) is 7.87. The van der Waals surface area contributed by atoms with Crippen LogP contribution < -0.4 is 10.0 Å². The first-order chi connectivity index (χ1) is 16.7. The minimum Gasteiger partial charge on any atom is -0.313 e. The Hall–Kier alpha value is -3.28. The number of fused-ring (bicyclic) bond motifs is 1. The highest BCUT2D eigenvalue weighted by atomic mass is 32.2. The SMILES string of the molecule is O=S(=O)(Nc1nccs1)c1ccc2c(-c3ccc(C(F)(F)F)cc3C3=CCNCC3)nccc2c1. The highest BCUT2D eigenvalue weighted by Gasteiger charge is 2.32. The van der Waals surface area contributed by atoms with Crippen LogP contribution in [-0.2, 0) is 16.2 Å². The lowest BCUT2D eigenvalue weighted by atomic mass is 9.90.